The number of nitrogens with one attached hydrogen (secondary N) is 2. The number of aromatic nitrogens is 1. The molecular weight excluding hydrogens is 318 g/mol. The molecule has 0 spiro atoms. The largest absolute Gasteiger partial charge is 0.497 e. The first-order valence-electron chi connectivity index (χ1n) is 8.38. The molecule has 3 rings (SSSR count). The molecule has 6 nitrogen and oxygen atoms in total. The van der Waals surface area contributed by atoms with Gasteiger partial charge < -0.3 is 15.4 Å². The number of ether oxygens (including phenoxy) is 1. The Labute approximate surface area is 146 Å². The van der Waals surface area contributed by atoms with E-state index in [2.05, 4.69) is 15.6 Å². The van der Waals surface area contributed by atoms with E-state index in [0.717, 1.165) is 25.7 Å². The molecule has 1 aromatic heterocycles. The summed E-state index contributed by atoms with van der Waals surface area (Å²) in [5.41, 5.74) is 1.30. The molecule has 25 heavy (non-hydrogen) atoms. The van der Waals surface area contributed by atoms with Gasteiger partial charge in [0.1, 0.15) is 11.4 Å². The summed E-state index contributed by atoms with van der Waals surface area (Å²) in [6.07, 6.45) is 5.77. The number of amides is 2. The molecule has 2 aromatic rings. The van der Waals surface area contributed by atoms with Crippen LogP contribution in [0.15, 0.2) is 42.6 Å². The number of hydrogen-bond acceptors (Lipinski definition) is 4. The fraction of sp³-hybridized carbons (Fsp3) is 0.316. The lowest BCUT2D eigenvalue weighted by molar-refractivity contribution is 0.0933. The first-order valence-corrected chi connectivity index (χ1v) is 8.38. The minimum absolute atomic E-state index is 0.214. The molecule has 1 aliphatic carbocycles. The summed E-state index contributed by atoms with van der Waals surface area (Å²) in [7, 11) is 1.59. The maximum Gasteiger partial charge on any atom is 0.270 e. The van der Waals surface area contributed by atoms with Gasteiger partial charge in [0.25, 0.3) is 11.8 Å². The first kappa shape index (κ1) is 17.0. The van der Waals surface area contributed by atoms with Gasteiger partial charge in [-0.1, -0.05) is 12.8 Å². The summed E-state index contributed by atoms with van der Waals surface area (Å²) >= 11 is 0. The number of hydrogen-bond donors (Lipinski definition) is 2. The van der Waals surface area contributed by atoms with E-state index < -0.39 is 0 Å². The van der Waals surface area contributed by atoms with Crippen molar-refractivity contribution < 1.29 is 14.3 Å². The van der Waals surface area contributed by atoms with Crippen molar-refractivity contribution in [2.75, 3.05) is 12.4 Å². The molecular formula is C19H21N3O3. The zero-order chi connectivity index (χ0) is 17.6. The molecule has 2 N–H and O–H groups in total. The minimum Gasteiger partial charge on any atom is -0.497 e. The van der Waals surface area contributed by atoms with E-state index in [9.17, 15) is 9.59 Å². The Kier molecular flexibility index (Phi) is 5.28. The molecule has 1 aromatic carbocycles. The maximum atomic E-state index is 12.4. The highest BCUT2D eigenvalue weighted by Crippen LogP contribution is 2.18. The highest BCUT2D eigenvalue weighted by atomic mass is 16.5. The molecule has 1 aliphatic rings. The van der Waals surface area contributed by atoms with Crippen molar-refractivity contribution in [1.29, 1.82) is 0 Å². The second kappa shape index (κ2) is 7.79. The second-order valence-electron chi connectivity index (χ2n) is 6.07. The van der Waals surface area contributed by atoms with E-state index in [1.54, 1.807) is 37.4 Å². The molecule has 0 saturated heterocycles. The van der Waals surface area contributed by atoms with Crippen molar-refractivity contribution in [2.45, 2.75) is 31.7 Å². The van der Waals surface area contributed by atoms with Gasteiger partial charge in [0.15, 0.2) is 0 Å². The molecule has 130 valence electrons. The normalized spacial score (nSPS) is 14.1. The van der Waals surface area contributed by atoms with E-state index >= 15 is 0 Å². The van der Waals surface area contributed by atoms with Crippen LogP contribution in [-0.2, 0) is 0 Å². The van der Waals surface area contributed by atoms with Crippen LogP contribution in [-0.4, -0.2) is 29.9 Å². The Morgan fingerprint density at radius 2 is 1.80 bits per heavy atom. The van der Waals surface area contributed by atoms with E-state index in [4.69, 9.17) is 4.74 Å². The van der Waals surface area contributed by atoms with E-state index in [1.807, 2.05) is 0 Å². The number of rotatable bonds is 5. The van der Waals surface area contributed by atoms with Gasteiger partial charge in [-0.05, 0) is 49.2 Å². The Bertz CT molecular complexity index is 753. The summed E-state index contributed by atoms with van der Waals surface area (Å²) in [6.45, 7) is 0. The van der Waals surface area contributed by atoms with Crippen molar-refractivity contribution in [1.82, 2.24) is 10.3 Å². The predicted octanol–water partition coefficient (Wildman–Crippen LogP) is 3.01. The quantitative estimate of drug-likeness (QED) is 0.877. The molecule has 0 aliphatic heterocycles. The van der Waals surface area contributed by atoms with E-state index in [-0.39, 0.29) is 23.6 Å². The molecule has 6 heteroatoms. The molecule has 0 bridgehead atoms. The van der Waals surface area contributed by atoms with Crippen LogP contribution in [0.2, 0.25) is 0 Å². The molecule has 0 radical (unpaired) electrons. The standard InChI is InChI=1S/C19H21N3O3/c1-25-16-8-6-15(7-9-16)21-18(23)13-10-11-20-17(12-13)19(24)22-14-4-2-3-5-14/h6-12,14H,2-5H2,1H3,(H,21,23)(H,22,24). The summed E-state index contributed by atoms with van der Waals surface area (Å²) in [5.74, 6) is 0.196. The average Bonchev–Trinajstić information content (AvgIpc) is 3.15. The number of nitrogens with zero attached hydrogens (tertiary/aromatic N) is 1. The van der Waals surface area contributed by atoms with Gasteiger partial charge in [-0.2, -0.15) is 0 Å². The number of benzene rings is 1. The van der Waals surface area contributed by atoms with Crippen LogP contribution in [0.5, 0.6) is 5.75 Å². The number of methoxy groups -OCH3 is 1. The Balaban J connectivity index is 1.66. The van der Waals surface area contributed by atoms with Gasteiger partial charge >= 0.3 is 0 Å². The Morgan fingerprint density at radius 1 is 1.08 bits per heavy atom. The lowest BCUT2D eigenvalue weighted by Crippen LogP contribution is -2.33. The van der Waals surface area contributed by atoms with Gasteiger partial charge in [-0.25, -0.2) is 0 Å². The fourth-order valence-corrected chi connectivity index (χ4v) is 2.90. The lowest BCUT2D eigenvalue weighted by Gasteiger charge is -2.12. The van der Waals surface area contributed by atoms with Crippen LogP contribution >= 0.6 is 0 Å². The average molecular weight is 339 g/mol. The molecule has 1 saturated carbocycles. The van der Waals surface area contributed by atoms with Crippen LogP contribution in [0.4, 0.5) is 5.69 Å². The number of carbonyl (C=O) groups is 2. The zero-order valence-electron chi connectivity index (χ0n) is 14.1. The number of carbonyl (C=O) groups excluding carboxylic acids is 2. The number of anilines is 1. The van der Waals surface area contributed by atoms with Gasteiger partial charge in [0.05, 0.1) is 7.11 Å². The Hall–Kier alpha value is -2.89. The zero-order valence-corrected chi connectivity index (χ0v) is 14.1. The topological polar surface area (TPSA) is 80.3 Å². The maximum absolute atomic E-state index is 12.4. The monoisotopic (exact) mass is 339 g/mol. The molecule has 2 amide bonds. The molecule has 1 fully saturated rings. The van der Waals surface area contributed by atoms with Crippen molar-refractivity contribution in [3.8, 4) is 5.75 Å². The molecule has 0 atom stereocenters. The molecule has 0 unspecified atom stereocenters. The highest BCUT2D eigenvalue weighted by molar-refractivity contribution is 6.05. The van der Waals surface area contributed by atoms with Gasteiger partial charge in [-0.3, -0.25) is 14.6 Å². The smallest absolute Gasteiger partial charge is 0.270 e. The van der Waals surface area contributed by atoms with Gasteiger partial charge in [0.2, 0.25) is 0 Å². The minimum atomic E-state index is -0.289. The Morgan fingerprint density at radius 3 is 2.48 bits per heavy atom. The molecule has 1 heterocycles. The first-order chi connectivity index (χ1) is 12.2. The third kappa shape index (κ3) is 4.35. The summed E-state index contributed by atoms with van der Waals surface area (Å²) < 4.78 is 5.09. The third-order valence-electron chi connectivity index (χ3n) is 4.29. The summed E-state index contributed by atoms with van der Waals surface area (Å²) in [5, 5.41) is 5.77. The SMILES string of the molecule is COc1ccc(NC(=O)c2ccnc(C(=O)NC3CCCC3)c2)cc1. The van der Waals surface area contributed by atoms with Crippen molar-refractivity contribution in [2.24, 2.45) is 0 Å². The highest BCUT2D eigenvalue weighted by Gasteiger charge is 2.19. The van der Waals surface area contributed by atoms with Crippen LogP contribution in [0.3, 0.4) is 0 Å². The van der Waals surface area contributed by atoms with Crippen molar-refractivity contribution >= 4 is 17.5 Å². The predicted molar refractivity (Wildman–Crippen MR) is 94.9 cm³/mol. The summed E-state index contributed by atoms with van der Waals surface area (Å²) in [6, 6.07) is 10.4. The third-order valence-corrected chi connectivity index (χ3v) is 4.29. The van der Waals surface area contributed by atoms with Gasteiger partial charge in [-0.15, -0.1) is 0 Å². The fourth-order valence-electron chi connectivity index (χ4n) is 2.90. The lowest BCUT2D eigenvalue weighted by atomic mass is 10.2. The van der Waals surface area contributed by atoms with Crippen molar-refractivity contribution in [3.05, 3.63) is 53.9 Å². The van der Waals surface area contributed by atoms with E-state index in [0.29, 0.717) is 17.0 Å². The van der Waals surface area contributed by atoms with Crippen LogP contribution < -0.4 is 15.4 Å². The van der Waals surface area contributed by atoms with Crippen molar-refractivity contribution in [3.63, 3.8) is 0 Å². The second-order valence-corrected chi connectivity index (χ2v) is 6.07. The number of pyridine rings is 1. The van der Waals surface area contributed by atoms with Crippen LogP contribution in [0.25, 0.3) is 0 Å². The van der Waals surface area contributed by atoms with E-state index in [1.165, 1.54) is 12.3 Å². The van der Waals surface area contributed by atoms with Crippen LogP contribution in [0, 0.1) is 0 Å². The van der Waals surface area contributed by atoms with Crippen LogP contribution in [0.1, 0.15) is 46.5 Å². The van der Waals surface area contributed by atoms with Gasteiger partial charge in [0, 0.05) is 23.5 Å². The summed E-state index contributed by atoms with van der Waals surface area (Å²) in [4.78, 5) is 28.8.